The highest BCUT2D eigenvalue weighted by atomic mass is 16.3. The Morgan fingerprint density at radius 1 is 1.23 bits per heavy atom. The molecule has 1 aromatic carbocycles. The molecule has 1 amide bonds. The van der Waals surface area contributed by atoms with Crippen LogP contribution in [0.5, 0.6) is 17.2 Å². The first-order valence-electron chi connectivity index (χ1n) is 3.53. The van der Waals surface area contributed by atoms with Gasteiger partial charge < -0.3 is 20.6 Å². The monoisotopic (exact) mass is 183 g/mol. The molecule has 0 spiro atoms. The van der Waals surface area contributed by atoms with Crippen LogP contribution in [-0.2, 0) is 0 Å². The Kier molecular flexibility index (Phi) is 2.27. The SMILES string of the molecule is CNC(=O)c1cc(O)c(O)c(O)c1. The number of phenolic OH excluding ortho intramolecular Hbond substituents is 3. The molecule has 0 unspecified atom stereocenters. The Labute approximate surface area is 74.3 Å². The number of hydrogen-bond donors (Lipinski definition) is 4. The minimum atomic E-state index is -0.632. The summed E-state index contributed by atoms with van der Waals surface area (Å²) in [7, 11) is 1.42. The molecule has 0 bridgehead atoms. The van der Waals surface area contributed by atoms with E-state index in [-0.39, 0.29) is 5.56 Å². The van der Waals surface area contributed by atoms with Gasteiger partial charge in [0.2, 0.25) is 0 Å². The average molecular weight is 183 g/mol. The molecule has 70 valence electrons. The van der Waals surface area contributed by atoms with E-state index in [0.717, 1.165) is 12.1 Å². The number of benzene rings is 1. The van der Waals surface area contributed by atoms with Crippen LogP contribution in [0.1, 0.15) is 10.4 Å². The first-order chi connectivity index (χ1) is 6.06. The van der Waals surface area contributed by atoms with Crippen molar-refractivity contribution in [2.75, 3.05) is 7.05 Å². The van der Waals surface area contributed by atoms with Crippen LogP contribution >= 0.6 is 0 Å². The zero-order valence-electron chi connectivity index (χ0n) is 6.90. The highest BCUT2D eigenvalue weighted by Gasteiger charge is 2.11. The molecule has 5 heteroatoms. The van der Waals surface area contributed by atoms with Gasteiger partial charge in [0, 0.05) is 12.6 Å². The van der Waals surface area contributed by atoms with Crippen LogP contribution < -0.4 is 5.32 Å². The largest absolute Gasteiger partial charge is 0.504 e. The van der Waals surface area contributed by atoms with Crippen molar-refractivity contribution in [1.82, 2.24) is 5.32 Å². The Bertz CT molecular complexity index is 325. The van der Waals surface area contributed by atoms with Crippen molar-refractivity contribution in [2.45, 2.75) is 0 Å². The van der Waals surface area contributed by atoms with E-state index in [2.05, 4.69) is 5.32 Å². The number of rotatable bonds is 1. The second kappa shape index (κ2) is 3.22. The second-order valence-electron chi connectivity index (χ2n) is 2.44. The quantitative estimate of drug-likeness (QED) is 0.467. The third kappa shape index (κ3) is 1.64. The van der Waals surface area contributed by atoms with E-state index in [1.54, 1.807) is 0 Å². The van der Waals surface area contributed by atoms with Crippen LogP contribution in [0.15, 0.2) is 12.1 Å². The van der Waals surface area contributed by atoms with E-state index in [9.17, 15) is 4.79 Å². The van der Waals surface area contributed by atoms with Crippen LogP contribution in [-0.4, -0.2) is 28.3 Å². The summed E-state index contributed by atoms with van der Waals surface area (Å²) in [5.74, 6) is -2.14. The van der Waals surface area contributed by atoms with Crippen molar-refractivity contribution in [2.24, 2.45) is 0 Å². The molecule has 0 saturated heterocycles. The van der Waals surface area contributed by atoms with Gasteiger partial charge in [0.05, 0.1) is 0 Å². The lowest BCUT2D eigenvalue weighted by Gasteiger charge is -2.04. The number of nitrogens with one attached hydrogen (secondary N) is 1. The van der Waals surface area contributed by atoms with E-state index in [1.165, 1.54) is 7.05 Å². The fraction of sp³-hybridized carbons (Fsp3) is 0.125. The number of carbonyl (C=O) groups is 1. The Balaban J connectivity index is 3.20. The van der Waals surface area contributed by atoms with E-state index < -0.39 is 23.2 Å². The normalized spacial score (nSPS) is 9.62. The summed E-state index contributed by atoms with van der Waals surface area (Å²) in [5, 5.41) is 29.3. The molecule has 0 aliphatic rings. The standard InChI is InChI=1S/C8H9NO4/c1-9-8(13)4-2-5(10)7(12)6(11)3-4/h2-3,10-12H,1H3,(H,9,13). The van der Waals surface area contributed by atoms with Gasteiger partial charge >= 0.3 is 0 Å². The molecule has 0 fully saturated rings. The van der Waals surface area contributed by atoms with Crippen molar-refractivity contribution in [3.63, 3.8) is 0 Å². The summed E-state index contributed by atoms with van der Waals surface area (Å²) in [6.45, 7) is 0. The maximum Gasteiger partial charge on any atom is 0.251 e. The van der Waals surface area contributed by atoms with Crippen molar-refractivity contribution < 1.29 is 20.1 Å². The van der Waals surface area contributed by atoms with E-state index in [0.29, 0.717) is 0 Å². The summed E-state index contributed by atoms with van der Waals surface area (Å²) in [5.41, 5.74) is 0.0790. The molecule has 1 rings (SSSR count). The molecule has 0 aromatic heterocycles. The van der Waals surface area contributed by atoms with Crippen molar-refractivity contribution in [3.05, 3.63) is 17.7 Å². The van der Waals surface area contributed by atoms with E-state index in [1.807, 2.05) is 0 Å². The topological polar surface area (TPSA) is 89.8 Å². The number of amides is 1. The van der Waals surface area contributed by atoms with Crippen molar-refractivity contribution in [3.8, 4) is 17.2 Å². The molecule has 0 aliphatic heterocycles. The molecule has 13 heavy (non-hydrogen) atoms. The molecule has 0 saturated carbocycles. The number of phenols is 3. The lowest BCUT2D eigenvalue weighted by molar-refractivity contribution is 0.0962. The van der Waals surface area contributed by atoms with Crippen molar-refractivity contribution in [1.29, 1.82) is 0 Å². The van der Waals surface area contributed by atoms with Gasteiger partial charge in [0.15, 0.2) is 17.2 Å². The average Bonchev–Trinajstić information content (AvgIpc) is 2.12. The second-order valence-corrected chi connectivity index (χ2v) is 2.44. The van der Waals surface area contributed by atoms with Gasteiger partial charge in [-0.1, -0.05) is 0 Å². The predicted octanol–water partition coefficient (Wildman–Crippen LogP) is 0.163. The van der Waals surface area contributed by atoms with Gasteiger partial charge in [-0.25, -0.2) is 0 Å². The first-order valence-corrected chi connectivity index (χ1v) is 3.53. The summed E-state index contributed by atoms with van der Waals surface area (Å²) in [6, 6.07) is 2.13. The van der Waals surface area contributed by atoms with Gasteiger partial charge in [0.25, 0.3) is 5.91 Å². The first kappa shape index (κ1) is 9.18. The molecule has 1 aromatic rings. The molecular formula is C8H9NO4. The van der Waals surface area contributed by atoms with Crippen LogP contribution in [0.3, 0.4) is 0 Å². The van der Waals surface area contributed by atoms with Crippen LogP contribution in [0.2, 0.25) is 0 Å². The third-order valence-corrected chi connectivity index (χ3v) is 1.56. The number of aromatic hydroxyl groups is 3. The maximum atomic E-state index is 11.0. The van der Waals surface area contributed by atoms with Gasteiger partial charge in [-0.15, -0.1) is 0 Å². The molecular weight excluding hydrogens is 174 g/mol. The maximum absolute atomic E-state index is 11.0. The number of carbonyl (C=O) groups excluding carboxylic acids is 1. The lowest BCUT2D eigenvalue weighted by Crippen LogP contribution is -2.17. The summed E-state index contributed by atoms with van der Waals surface area (Å²) < 4.78 is 0. The molecule has 0 heterocycles. The fourth-order valence-electron chi connectivity index (χ4n) is 0.880. The molecule has 0 radical (unpaired) electrons. The fourth-order valence-corrected chi connectivity index (χ4v) is 0.880. The van der Waals surface area contributed by atoms with Crippen LogP contribution in [0.4, 0.5) is 0 Å². The third-order valence-electron chi connectivity index (χ3n) is 1.56. The van der Waals surface area contributed by atoms with E-state index >= 15 is 0 Å². The molecule has 0 atom stereocenters. The zero-order valence-corrected chi connectivity index (χ0v) is 6.90. The Hall–Kier alpha value is -1.91. The number of hydrogen-bond acceptors (Lipinski definition) is 4. The predicted molar refractivity (Wildman–Crippen MR) is 44.8 cm³/mol. The smallest absolute Gasteiger partial charge is 0.251 e. The molecule has 5 nitrogen and oxygen atoms in total. The van der Waals surface area contributed by atoms with Gasteiger partial charge in [-0.05, 0) is 12.1 Å². The molecule has 4 N–H and O–H groups in total. The van der Waals surface area contributed by atoms with Crippen molar-refractivity contribution >= 4 is 5.91 Å². The minimum absolute atomic E-state index is 0.0790. The summed E-state index contributed by atoms with van der Waals surface area (Å²) in [4.78, 5) is 11.0. The summed E-state index contributed by atoms with van der Waals surface area (Å²) in [6.07, 6.45) is 0. The minimum Gasteiger partial charge on any atom is -0.504 e. The highest BCUT2D eigenvalue weighted by Crippen LogP contribution is 2.35. The Morgan fingerprint density at radius 2 is 1.69 bits per heavy atom. The van der Waals surface area contributed by atoms with E-state index in [4.69, 9.17) is 15.3 Å². The molecule has 0 aliphatic carbocycles. The lowest BCUT2D eigenvalue weighted by atomic mass is 10.1. The van der Waals surface area contributed by atoms with Gasteiger partial charge in [-0.3, -0.25) is 4.79 Å². The highest BCUT2D eigenvalue weighted by molar-refractivity contribution is 5.95. The van der Waals surface area contributed by atoms with Crippen LogP contribution in [0.25, 0.3) is 0 Å². The Morgan fingerprint density at radius 3 is 2.08 bits per heavy atom. The zero-order chi connectivity index (χ0) is 10.0. The van der Waals surface area contributed by atoms with Crippen LogP contribution in [0, 0.1) is 0 Å². The summed E-state index contributed by atoms with van der Waals surface area (Å²) >= 11 is 0. The van der Waals surface area contributed by atoms with Gasteiger partial charge in [-0.2, -0.15) is 0 Å². The van der Waals surface area contributed by atoms with Gasteiger partial charge in [0.1, 0.15) is 0 Å².